The maximum absolute atomic E-state index is 12.8. The Labute approximate surface area is 281 Å². The number of hydrogen-bond donors (Lipinski definition) is 7. The Hall–Kier alpha value is -5.74. The highest BCUT2D eigenvalue weighted by Crippen LogP contribution is 2.14. The predicted molar refractivity (Wildman–Crippen MR) is 181 cm³/mol. The number of fused-ring (bicyclic) bond motifs is 1. The number of ketones is 2. The summed E-state index contributed by atoms with van der Waals surface area (Å²) in [5, 5.41) is 17.9. The highest BCUT2D eigenvalue weighted by atomic mass is 16.4. The summed E-state index contributed by atoms with van der Waals surface area (Å²) in [6.07, 6.45) is 1.98. The number of hydrogen-bond acceptors (Lipinski definition) is 11. The number of aryl methyl sites for hydroxylation is 1. The Bertz CT molecular complexity index is 1750. The lowest BCUT2D eigenvalue weighted by Crippen LogP contribution is -2.43. The van der Waals surface area contributed by atoms with Crippen LogP contribution in [-0.2, 0) is 25.7 Å². The highest BCUT2D eigenvalue weighted by Gasteiger charge is 2.26. The third kappa shape index (κ3) is 11.8. The predicted octanol–water partition coefficient (Wildman–Crippen LogP) is 0.710. The Morgan fingerprint density at radius 1 is 1.02 bits per heavy atom. The van der Waals surface area contributed by atoms with Gasteiger partial charge in [0.25, 0.3) is 11.5 Å². The number of aliphatic carboxylic acids is 1. The minimum absolute atomic E-state index is 0.0680. The molecule has 262 valence electrons. The second-order valence-corrected chi connectivity index (χ2v) is 11.5. The molecule has 0 bridgehead atoms. The fourth-order valence-corrected chi connectivity index (χ4v) is 4.80. The van der Waals surface area contributed by atoms with Gasteiger partial charge in [-0.2, -0.15) is 0 Å². The van der Waals surface area contributed by atoms with E-state index in [9.17, 15) is 33.9 Å². The van der Waals surface area contributed by atoms with E-state index < -0.39 is 41.3 Å². The monoisotopic (exact) mass is 678 g/mol. The quantitative estimate of drug-likeness (QED) is 0.0523. The van der Waals surface area contributed by atoms with Gasteiger partial charge in [0.1, 0.15) is 17.6 Å². The Morgan fingerprint density at radius 3 is 2.39 bits per heavy atom. The number of nitrogens with one attached hydrogen (secondary N) is 4. The van der Waals surface area contributed by atoms with Crippen LogP contribution in [0.3, 0.4) is 0 Å². The van der Waals surface area contributed by atoms with Crippen LogP contribution in [0.1, 0.15) is 74.2 Å². The lowest BCUT2D eigenvalue weighted by molar-refractivity contribution is -0.139. The number of carboxylic acid groups (broad SMARTS) is 1. The molecule has 2 amide bonds. The van der Waals surface area contributed by atoms with Gasteiger partial charge < -0.3 is 37.5 Å². The van der Waals surface area contributed by atoms with E-state index in [0.717, 1.165) is 0 Å². The lowest BCUT2D eigenvalue weighted by Gasteiger charge is -2.20. The Balaban J connectivity index is 1.48. The van der Waals surface area contributed by atoms with Crippen LogP contribution in [0.4, 0.5) is 5.69 Å². The molecule has 0 aliphatic carbocycles. The number of amides is 2. The molecule has 3 atom stereocenters. The maximum Gasteiger partial charge on any atom is 0.326 e. The van der Waals surface area contributed by atoms with Crippen LogP contribution in [0.25, 0.3) is 11.2 Å². The zero-order valence-corrected chi connectivity index (χ0v) is 27.6. The molecule has 2 heterocycles. The topological polar surface area (TPSA) is 278 Å². The number of carboxylic acids is 1. The number of carbonyl (C=O) groups is 5. The normalized spacial score (nSPS) is 12.7. The SMILES string of the molecule is CCC(=O)[C@H](CCCN=C(N)N)NC(=O)[C@H](C)CC(=O)CC[C@H](NC(=O)c1ccc(NCc2cnc3nc(C)[nH]c(=O)c3n2)cc1)C(=O)O. The number of aromatic nitrogens is 4. The van der Waals surface area contributed by atoms with Gasteiger partial charge in [0, 0.05) is 43.0 Å². The third-order valence-electron chi connectivity index (χ3n) is 7.50. The zero-order valence-electron chi connectivity index (χ0n) is 27.6. The summed E-state index contributed by atoms with van der Waals surface area (Å²) in [4.78, 5) is 93.7. The molecule has 0 spiro atoms. The first-order chi connectivity index (χ1) is 23.3. The van der Waals surface area contributed by atoms with E-state index in [0.29, 0.717) is 36.6 Å². The summed E-state index contributed by atoms with van der Waals surface area (Å²) < 4.78 is 0. The van der Waals surface area contributed by atoms with Crippen molar-refractivity contribution in [2.75, 3.05) is 11.9 Å². The van der Waals surface area contributed by atoms with Gasteiger partial charge in [0.2, 0.25) is 5.91 Å². The van der Waals surface area contributed by atoms with E-state index >= 15 is 0 Å². The first kappa shape index (κ1) is 37.7. The third-order valence-corrected chi connectivity index (χ3v) is 7.50. The fourth-order valence-electron chi connectivity index (χ4n) is 4.80. The summed E-state index contributed by atoms with van der Waals surface area (Å²) in [6, 6.07) is 4.16. The average Bonchev–Trinajstić information content (AvgIpc) is 3.06. The van der Waals surface area contributed by atoms with Crippen LogP contribution in [0.15, 0.2) is 40.2 Å². The molecule has 17 nitrogen and oxygen atoms in total. The van der Waals surface area contributed by atoms with Gasteiger partial charge in [0.15, 0.2) is 22.9 Å². The first-order valence-electron chi connectivity index (χ1n) is 15.8. The highest BCUT2D eigenvalue weighted by molar-refractivity contribution is 5.97. The van der Waals surface area contributed by atoms with E-state index in [2.05, 4.69) is 40.9 Å². The summed E-state index contributed by atoms with van der Waals surface area (Å²) in [5.74, 6) is -3.36. The minimum Gasteiger partial charge on any atom is -0.480 e. The summed E-state index contributed by atoms with van der Waals surface area (Å²) in [7, 11) is 0. The molecule has 0 radical (unpaired) electrons. The van der Waals surface area contributed by atoms with Gasteiger partial charge in [0.05, 0.1) is 24.5 Å². The van der Waals surface area contributed by atoms with Gasteiger partial charge in [-0.1, -0.05) is 13.8 Å². The number of H-pyrrole nitrogens is 1. The lowest BCUT2D eigenvalue weighted by atomic mass is 9.97. The number of aliphatic imine (C=N–C) groups is 1. The minimum atomic E-state index is -1.34. The van der Waals surface area contributed by atoms with Crippen molar-refractivity contribution in [1.29, 1.82) is 0 Å². The number of nitrogens with zero attached hydrogens (tertiary/aromatic N) is 4. The van der Waals surface area contributed by atoms with Crippen LogP contribution in [0.5, 0.6) is 0 Å². The van der Waals surface area contributed by atoms with E-state index in [1.807, 2.05) is 0 Å². The van der Waals surface area contributed by atoms with Gasteiger partial charge in [-0.3, -0.25) is 29.0 Å². The Morgan fingerprint density at radius 2 is 1.73 bits per heavy atom. The number of rotatable bonds is 19. The summed E-state index contributed by atoms with van der Waals surface area (Å²) in [6.45, 7) is 5.41. The molecule has 3 aromatic rings. The molecule has 17 heteroatoms. The molecule has 0 aliphatic rings. The van der Waals surface area contributed by atoms with Gasteiger partial charge >= 0.3 is 5.97 Å². The number of nitrogens with two attached hydrogens (primary N) is 2. The average molecular weight is 679 g/mol. The van der Waals surface area contributed by atoms with Crippen molar-refractivity contribution in [3.63, 3.8) is 0 Å². The van der Waals surface area contributed by atoms with Gasteiger partial charge in [-0.25, -0.2) is 19.7 Å². The van der Waals surface area contributed by atoms with Crippen molar-refractivity contribution in [2.24, 2.45) is 22.4 Å². The number of anilines is 1. The van der Waals surface area contributed by atoms with Crippen LogP contribution in [0, 0.1) is 12.8 Å². The zero-order chi connectivity index (χ0) is 36.1. The van der Waals surface area contributed by atoms with E-state index in [4.69, 9.17) is 11.5 Å². The van der Waals surface area contributed by atoms with Crippen LogP contribution in [-0.4, -0.2) is 79.0 Å². The standard InChI is InChI=1S/C32H42N10O7/c1-4-25(44)23(6-5-13-35-32(33)34)41-28(45)17(2)14-22(43)11-12-24(31(48)49)42-29(46)19-7-9-20(10-8-19)36-15-21-16-37-27-26(40-21)30(47)39-18(3)38-27/h7-10,16-17,23-24,36H,4-6,11-15H2,1-3H3,(H,41,45)(H,42,46)(H,48,49)(H4,33,34,35)(H,37,38,39,47)/t17-,23+,24+/m1/s1. The molecule has 0 saturated heterocycles. The van der Waals surface area contributed by atoms with E-state index in [1.165, 1.54) is 18.3 Å². The molecule has 0 fully saturated rings. The van der Waals surface area contributed by atoms with E-state index in [-0.39, 0.29) is 66.5 Å². The maximum atomic E-state index is 12.8. The molecule has 9 N–H and O–H groups in total. The fraction of sp³-hybridized carbons (Fsp3) is 0.438. The van der Waals surface area contributed by atoms with Crippen molar-refractivity contribution in [3.05, 3.63) is 57.9 Å². The molecule has 0 unspecified atom stereocenters. The van der Waals surface area contributed by atoms with Crippen LogP contribution >= 0.6 is 0 Å². The molecular weight excluding hydrogens is 636 g/mol. The van der Waals surface area contributed by atoms with Crippen molar-refractivity contribution in [2.45, 2.75) is 77.9 Å². The van der Waals surface area contributed by atoms with Crippen molar-refractivity contribution >= 4 is 52.2 Å². The number of aromatic amines is 1. The van der Waals surface area contributed by atoms with Gasteiger partial charge in [-0.05, 0) is 50.5 Å². The van der Waals surface area contributed by atoms with Crippen molar-refractivity contribution in [1.82, 2.24) is 30.6 Å². The smallest absolute Gasteiger partial charge is 0.326 e. The molecule has 0 saturated carbocycles. The number of guanidine groups is 1. The summed E-state index contributed by atoms with van der Waals surface area (Å²) in [5.41, 5.74) is 11.9. The summed E-state index contributed by atoms with van der Waals surface area (Å²) >= 11 is 0. The van der Waals surface area contributed by atoms with Crippen molar-refractivity contribution < 1.29 is 29.1 Å². The number of benzene rings is 1. The van der Waals surface area contributed by atoms with Gasteiger partial charge in [-0.15, -0.1) is 0 Å². The van der Waals surface area contributed by atoms with Crippen molar-refractivity contribution in [3.8, 4) is 0 Å². The second kappa shape index (κ2) is 18.0. The first-order valence-corrected chi connectivity index (χ1v) is 15.8. The second-order valence-electron chi connectivity index (χ2n) is 11.5. The number of Topliss-reactive ketones (excluding diaryl/α,β-unsaturated/α-hetero) is 2. The molecular formula is C32H42N10O7. The number of carbonyl (C=O) groups excluding carboxylic acids is 4. The molecule has 1 aromatic carbocycles. The van der Waals surface area contributed by atoms with Crippen LogP contribution < -0.4 is 33.0 Å². The largest absolute Gasteiger partial charge is 0.480 e. The Kier molecular flexibility index (Phi) is 13.8. The molecule has 0 aliphatic heterocycles. The molecule has 3 rings (SSSR count). The molecule has 49 heavy (non-hydrogen) atoms. The molecule has 2 aromatic heterocycles. The van der Waals surface area contributed by atoms with E-state index in [1.54, 1.807) is 32.9 Å². The van der Waals surface area contributed by atoms with Crippen LogP contribution in [0.2, 0.25) is 0 Å².